The van der Waals surface area contributed by atoms with Crippen molar-refractivity contribution in [3.63, 3.8) is 0 Å². The van der Waals surface area contributed by atoms with Crippen LogP contribution in [0, 0.1) is 6.92 Å². The van der Waals surface area contributed by atoms with Gasteiger partial charge >= 0.3 is 5.97 Å². The summed E-state index contributed by atoms with van der Waals surface area (Å²) in [6.45, 7) is 10.3. The van der Waals surface area contributed by atoms with E-state index in [0.29, 0.717) is 25.0 Å². The second kappa shape index (κ2) is 11.7. The van der Waals surface area contributed by atoms with Crippen LogP contribution in [0.3, 0.4) is 0 Å². The Hall–Kier alpha value is -2.51. The summed E-state index contributed by atoms with van der Waals surface area (Å²) in [5.41, 5.74) is 1.83. The summed E-state index contributed by atoms with van der Waals surface area (Å²) < 4.78 is 11.8. The van der Waals surface area contributed by atoms with E-state index in [-0.39, 0.29) is 36.6 Å². The molecule has 0 bridgehead atoms. The lowest BCUT2D eigenvalue weighted by Crippen LogP contribution is -2.49. The number of aliphatic hydroxyl groups is 1. The van der Waals surface area contributed by atoms with Gasteiger partial charge in [-0.15, -0.1) is 11.8 Å². The van der Waals surface area contributed by atoms with Crippen molar-refractivity contribution < 1.29 is 29.3 Å². The molecule has 1 aliphatic rings. The fourth-order valence-corrected chi connectivity index (χ4v) is 5.99. The molecular formula is C29H38O6S. The Labute approximate surface area is 218 Å². The first kappa shape index (κ1) is 28.1. The number of aliphatic hydroxyl groups excluding tert-OH is 1. The number of aromatic hydroxyl groups is 1. The van der Waals surface area contributed by atoms with Crippen molar-refractivity contribution in [3.8, 4) is 11.5 Å². The van der Waals surface area contributed by atoms with Crippen LogP contribution in [0.4, 0.5) is 0 Å². The number of phenolic OH excluding ortho intramolecular Hbond substituents is 1. The predicted molar refractivity (Wildman–Crippen MR) is 142 cm³/mol. The molecule has 0 radical (unpaired) electrons. The van der Waals surface area contributed by atoms with Gasteiger partial charge in [0.05, 0.1) is 6.61 Å². The highest BCUT2D eigenvalue weighted by atomic mass is 32.2. The molecule has 2 N–H and O–H groups in total. The maximum absolute atomic E-state index is 13.4. The van der Waals surface area contributed by atoms with Gasteiger partial charge in [0.1, 0.15) is 23.7 Å². The Bertz CT molecular complexity index is 1050. The molecule has 3 rings (SSSR count). The molecule has 6 nitrogen and oxygen atoms in total. The standard InChI is InChI=1S/C29H38O6S/c1-6-12-29(13-11-20-7-9-21(31)10-8-20)18-23(32)26(27(33)35-29)36-25-16-19(2)24(34-15-14-30)17-22(25)28(3,4)5/h7-10,16-17,26,30-31H,6,11-15,18H2,1-5H3. The van der Waals surface area contributed by atoms with Crippen molar-refractivity contribution in [1.29, 1.82) is 0 Å². The second-order valence-electron chi connectivity index (χ2n) is 10.6. The number of thioether (sulfide) groups is 1. The number of ketones is 1. The number of hydrogen-bond acceptors (Lipinski definition) is 7. The van der Waals surface area contributed by atoms with Crippen molar-refractivity contribution in [1.82, 2.24) is 0 Å². The molecule has 196 valence electrons. The predicted octanol–water partition coefficient (Wildman–Crippen LogP) is 5.52. The molecule has 2 atom stereocenters. The number of esters is 1. The van der Waals surface area contributed by atoms with Gasteiger partial charge in [0.25, 0.3) is 0 Å². The van der Waals surface area contributed by atoms with Crippen molar-refractivity contribution in [2.75, 3.05) is 13.2 Å². The molecule has 0 spiro atoms. The van der Waals surface area contributed by atoms with Crippen LogP contribution in [-0.2, 0) is 26.2 Å². The van der Waals surface area contributed by atoms with Gasteiger partial charge in [-0.3, -0.25) is 9.59 Å². The quantitative estimate of drug-likeness (QED) is 0.319. The molecule has 36 heavy (non-hydrogen) atoms. The Morgan fingerprint density at radius 1 is 1.14 bits per heavy atom. The van der Waals surface area contributed by atoms with Gasteiger partial charge in [0, 0.05) is 11.3 Å². The fraction of sp³-hybridized carbons (Fsp3) is 0.517. The van der Waals surface area contributed by atoms with E-state index in [4.69, 9.17) is 14.6 Å². The highest BCUT2D eigenvalue weighted by molar-refractivity contribution is 8.01. The number of hydrogen-bond donors (Lipinski definition) is 2. The smallest absolute Gasteiger partial charge is 0.327 e. The maximum atomic E-state index is 13.4. The maximum Gasteiger partial charge on any atom is 0.327 e. The molecule has 2 aromatic rings. The molecule has 0 saturated carbocycles. The minimum absolute atomic E-state index is 0.0739. The third kappa shape index (κ3) is 6.83. The first-order chi connectivity index (χ1) is 17.0. The summed E-state index contributed by atoms with van der Waals surface area (Å²) in [6.07, 6.45) is 2.84. The molecule has 0 amide bonds. The molecule has 1 fully saturated rings. The lowest BCUT2D eigenvalue weighted by molar-refractivity contribution is -0.171. The number of aryl methyl sites for hydroxylation is 2. The Morgan fingerprint density at radius 3 is 2.42 bits per heavy atom. The van der Waals surface area contributed by atoms with Crippen LogP contribution in [0.2, 0.25) is 0 Å². The van der Waals surface area contributed by atoms with Gasteiger partial charge in [0.15, 0.2) is 11.0 Å². The van der Waals surface area contributed by atoms with Gasteiger partial charge in [-0.2, -0.15) is 0 Å². The number of carbonyl (C=O) groups excluding carboxylic acids is 2. The number of benzene rings is 2. The first-order valence-corrected chi connectivity index (χ1v) is 13.4. The fourth-order valence-electron chi connectivity index (χ4n) is 4.64. The van der Waals surface area contributed by atoms with Crippen molar-refractivity contribution in [2.45, 2.75) is 87.9 Å². The van der Waals surface area contributed by atoms with E-state index in [2.05, 4.69) is 20.8 Å². The summed E-state index contributed by atoms with van der Waals surface area (Å²) in [6, 6.07) is 10.9. The normalized spacial score (nSPS) is 20.3. The number of rotatable bonds is 10. The number of Topliss-reactive ketones (excluding diaryl/α,β-unsaturated/α-hetero) is 1. The summed E-state index contributed by atoms with van der Waals surface area (Å²) in [7, 11) is 0. The zero-order chi connectivity index (χ0) is 26.5. The van der Waals surface area contributed by atoms with Gasteiger partial charge in [-0.05, 0) is 72.6 Å². The van der Waals surface area contributed by atoms with E-state index in [1.165, 1.54) is 11.8 Å². The van der Waals surface area contributed by atoms with Crippen molar-refractivity contribution in [2.24, 2.45) is 0 Å². The summed E-state index contributed by atoms with van der Waals surface area (Å²) in [5, 5.41) is 17.8. The molecule has 0 aliphatic carbocycles. The number of phenols is 1. The van der Waals surface area contributed by atoms with Crippen LogP contribution < -0.4 is 4.74 Å². The summed E-state index contributed by atoms with van der Waals surface area (Å²) >= 11 is 1.26. The molecule has 1 heterocycles. The van der Waals surface area contributed by atoms with Crippen LogP contribution in [0.25, 0.3) is 0 Å². The number of ether oxygens (including phenoxy) is 2. The zero-order valence-electron chi connectivity index (χ0n) is 21.9. The molecule has 1 saturated heterocycles. The molecular weight excluding hydrogens is 476 g/mol. The first-order valence-electron chi connectivity index (χ1n) is 12.6. The molecule has 1 aliphatic heterocycles. The minimum Gasteiger partial charge on any atom is -0.508 e. The van der Waals surface area contributed by atoms with E-state index in [0.717, 1.165) is 28.0 Å². The van der Waals surface area contributed by atoms with Crippen LogP contribution in [-0.4, -0.2) is 46.0 Å². The number of carbonyl (C=O) groups is 2. The second-order valence-corrected chi connectivity index (χ2v) is 11.7. The number of cyclic esters (lactones) is 1. The molecule has 2 aromatic carbocycles. The molecule has 7 heteroatoms. The van der Waals surface area contributed by atoms with Gasteiger partial charge in [0.2, 0.25) is 0 Å². The van der Waals surface area contributed by atoms with Crippen LogP contribution >= 0.6 is 11.8 Å². The monoisotopic (exact) mass is 514 g/mol. The largest absolute Gasteiger partial charge is 0.508 e. The van der Waals surface area contributed by atoms with E-state index in [1.54, 1.807) is 12.1 Å². The Kier molecular flexibility index (Phi) is 9.12. The third-order valence-electron chi connectivity index (χ3n) is 6.51. The lowest BCUT2D eigenvalue weighted by Gasteiger charge is -2.39. The van der Waals surface area contributed by atoms with E-state index in [9.17, 15) is 14.7 Å². The average Bonchev–Trinajstić information content (AvgIpc) is 2.80. The minimum atomic E-state index is -0.909. The summed E-state index contributed by atoms with van der Waals surface area (Å²) in [5.74, 6) is 0.313. The third-order valence-corrected chi connectivity index (χ3v) is 7.79. The highest BCUT2D eigenvalue weighted by Crippen LogP contribution is 2.43. The Balaban J connectivity index is 1.82. The topological polar surface area (TPSA) is 93.1 Å². The van der Waals surface area contributed by atoms with E-state index < -0.39 is 16.8 Å². The highest BCUT2D eigenvalue weighted by Gasteiger charge is 2.47. The average molecular weight is 515 g/mol. The van der Waals surface area contributed by atoms with E-state index in [1.807, 2.05) is 38.1 Å². The Morgan fingerprint density at radius 2 is 1.83 bits per heavy atom. The van der Waals surface area contributed by atoms with Crippen LogP contribution in [0.5, 0.6) is 11.5 Å². The van der Waals surface area contributed by atoms with Crippen LogP contribution in [0.15, 0.2) is 41.3 Å². The zero-order valence-corrected chi connectivity index (χ0v) is 22.7. The SMILES string of the molecule is CCCC1(CCc2ccc(O)cc2)CC(=O)C(Sc2cc(C)c(OCCO)cc2C(C)(C)C)C(=O)O1. The molecule has 0 aromatic heterocycles. The lowest BCUT2D eigenvalue weighted by atomic mass is 9.83. The summed E-state index contributed by atoms with van der Waals surface area (Å²) in [4.78, 5) is 27.5. The van der Waals surface area contributed by atoms with Crippen molar-refractivity contribution in [3.05, 3.63) is 53.1 Å². The molecule has 2 unspecified atom stereocenters. The van der Waals surface area contributed by atoms with Gasteiger partial charge in [-0.25, -0.2) is 0 Å². The van der Waals surface area contributed by atoms with E-state index >= 15 is 0 Å². The van der Waals surface area contributed by atoms with Gasteiger partial charge < -0.3 is 19.7 Å². The van der Waals surface area contributed by atoms with Gasteiger partial charge in [-0.1, -0.05) is 46.2 Å². The van der Waals surface area contributed by atoms with Crippen molar-refractivity contribution >= 4 is 23.5 Å². The van der Waals surface area contributed by atoms with Crippen LogP contribution in [0.1, 0.15) is 70.1 Å².